The van der Waals surface area contributed by atoms with Crippen LogP contribution in [-0.2, 0) is 19.4 Å². The normalized spacial score (nSPS) is 22.9. The van der Waals surface area contributed by atoms with E-state index in [0.717, 1.165) is 0 Å². The molecule has 10 nitrogen and oxygen atoms in total. The third-order valence-corrected chi connectivity index (χ3v) is 4.08. The predicted octanol–water partition coefficient (Wildman–Crippen LogP) is 0.350. The standard InChI is InChI=1S/C12H13N3O7S/c13-11(16)21-6-10-8-4-2-1-3-7(8)9-5-14(10)12(17)15(9)22-23(18,19)20/h1-4,9-10H,5-6H2,(H2,13,16)(H,18,19,20). The van der Waals surface area contributed by atoms with E-state index in [-0.39, 0.29) is 13.2 Å². The summed E-state index contributed by atoms with van der Waals surface area (Å²) in [4.78, 5) is 24.5. The van der Waals surface area contributed by atoms with E-state index in [2.05, 4.69) is 4.28 Å². The third-order valence-electron chi connectivity index (χ3n) is 3.74. The summed E-state index contributed by atoms with van der Waals surface area (Å²) in [5.41, 5.74) is 6.28. The van der Waals surface area contributed by atoms with E-state index in [1.54, 1.807) is 24.3 Å². The smallest absolute Gasteiger partial charge is 0.418 e. The number of carbonyl (C=O) groups excluding carboxylic acids is 2. The highest BCUT2D eigenvalue weighted by atomic mass is 32.3. The van der Waals surface area contributed by atoms with E-state index < -0.39 is 34.6 Å². The van der Waals surface area contributed by atoms with Crippen LogP contribution in [-0.4, -0.2) is 48.2 Å². The highest BCUT2D eigenvalue weighted by Gasteiger charge is 2.50. The first-order chi connectivity index (χ1) is 10.8. The second-order valence-electron chi connectivity index (χ2n) is 5.05. The summed E-state index contributed by atoms with van der Waals surface area (Å²) in [7, 11) is -4.85. The Morgan fingerprint density at radius 1 is 1.35 bits per heavy atom. The van der Waals surface area contributed by atoms with Gasteiger partial charge in [-0.2, -0.15) is 13.5 Å². The maximum absolute atomic E-state index is 12.4. The molecule has 1 aromatic carbocycles. The molecule has 23 heavy (non-hydrogen) atoms. The van der Waals surface area contributed by atoms with Crippen molar-refractivity contribution in [1.82, 2.24) is 9.96 Å². The lowest BCUT2D eigenvalue weighted by molar-refractivity contribution is -0.0317. The van der Waals surface area contributed by atoms with Crippen LogP contribution in [0.1, 0.15) is 23.2 Å². The predicted molar refractivity (Wildman–Crippen MR) is 74.0 cm³/mol. The topological polar surface area (TPSA) is 139 Å². The molecule has 1 saturated heterocycles. The quantitative estimate of drug-likeness (QED) is 0.752. The van der Waals surface area contributed by atoms with Gasteiger partial charge in [0.15, 0.2) is 0 Å². The summed E-state index contributed by atoms with van der Waals surface area (Å²) < 4.78 is 40.0. The van der Waals surface area contributed by atoms with Gasteiger partial charge in [-0.1, -0.05) is 24.3 Å². The number of urea groups is 1. The average molecular weight is 343 g/mol. The van der Waals surface area contributed by atoms with E-state index >= 15 is 0 Å². The van der Waals surface area contributed by atoms with Crippen molar-refractivity contribution < 1.29 is 31.6 Å². The molecule has 2 aliphatic rings. The van der Waals surface area contributed by atoms with Crippen molar-refractivity contribution in [2.24, 2.45) is 5.73 Å². The fourth-order valence-corrected chi connectivity index (χ4v) is 3.27. The average Bonchev–Trinajstić information content (AvgIpc) is 2.73. The van der Waals surface area contributed by atoms with E-state index in [9.17, 15) is 18.0 Å². The van der Waals surface area contributed by atoms with Crippen LogP contribution >= 0.6 is 0 Å². The summed E-state index contributed by atoms with van der Waals surface area (Å²) >= 11 is 0. The van der Waals surface area contributed by atoms with Crippen molar-refractivity contribution >= 4 is 22.5 Å². The maximum atomic E-state index is 12.4. The van der Waals surface area contributed by atoms with Crippen LogP contribution in [0.4, 0.5) is 9.59 Å². The minimum Gasteiger partial charge on any atom is -0.447 e. The van der Waals surface area contributed by atoms with Gasteiger partial charge < -0.3 is 15.4 Å². The number of carbonyl (C=O) groups is 2. The van der Waals surface area contributed by atoms with E-state index in [0.29, 0.717) is 16.2 Å². The molecule has 0 aliphatic carbocycles. The molecule has 3 amide bonds. The number of benzene rings is 1. The fraction of sp³-hybridized carbons (Fsp3) is 0.333. The van der Waals surface area contributed by atoms with Crippen molar-refractivity contribution in [2.75, 3.05) is 13.2 Å². The Bertz CT molecular complexity index is 766. The molecule has 1 fully saturated rings. The molecule has 3 N–H and O–H groups in total. The lowest BCUT2D eigenvalue weighted by Gasteiger charge is -2.32. The van der Waals surface area contributed by atoms with Gasteiger partial charge >= 0.3 is 22.5 Å². The molecule has 0 saturated carbocycles. The fourth-order valence-electron chi connectivity index (χ4n) is 2.90. The number of hydroxylamine groups is 2. The van der Waals surface area contributed by atoms with Gasteiger partial charge in [-0.3, -0.25) is 4.55 Å². The molecule has 2 heterocycles. The lowest BCUT2D eigenvalue weighted by atomic mass is 9.91. The molecule has 0 aromatic heterocycles. The van der Waals surface area contributed by atoms with Gasteiger partial charge in [0, 0.05) is 0 Å². The SMILES string of the molecule is NC(=O)OCC1c2ccccc2C2CN1C(=O)N2OS(=O)(=O)O. The van der Waals surface area contributed by atoms with Gasteiger partial charge in [0.05, 0.1) is 12.6 Å². The van der Waals surface area contributed by atoms with Crippen molar-refractivity contribution in [3.05, 3.63) is 35.4 Å². The number of amides is 3. The van der Waals surface area contributed by atoms with E-state index in [1.165, 1.54) is 4.90 Å². The maximum Gasteiger partial charge on any atom is 0.418 e. The Labute approximate surface area is 131 Å². The number of hydrogen-bond acceptors (Lipinski definition) is 6. The Kier molecular flexibility index (Phi) is 3.62. The highest BCUT2D eigenvalue weighted by molar-refractivity contribution is 7.80. The minimum atomic E-state index is -4.85. The van der Waals surface area contributed by atoms with E-state index in [1.807, 2.05) is 0 Å². The number of hydrogen-bond donors (Lipinski definition) is 2. The molecule has 2 atom stereocenters. The number of primary amides is 1. The molecule has 11 heteroatoms. The zero-order chi connectivity index (χ0) is 16.8. The van der Waals surface area contributed by atoms with Crippen LogP contribution in [0.25, 0.3) is 0 Å². The van der Waals surface area contributed by atoms with Crippen molar-refractivity contribution in [2.45, 2.75) is 12.1 Å². The first-order valence-electron chi connectivity index (χ1n) is 6.56. The largest absolute Gasteiger partial charge is 0.447 e. The summed E-state index contributed by atoms with van der Waals surface area (Å²) in [5.74, 6) is 0. The lowest BCUT2D eigenvalue weighted by Crippen LogP contribution is -2.37. The first-order valence-corrected chi connectivity index (χ1v) is 7.92. The van der Waals surface area contributed by atoms with Crippen LogP contribution in [0.15, 0.2) is 24.3 Å². The van der Waals surface area contributed by atoms with Gasteiger partial charge in [-0.25, -0.2) is 9.59 Å². The third kappa shape index (κ3) is 2.81. The second-order valence-corrected chi connectivity index (χ2v) is 6.06. The van der Waals surface area contributed by atoms with Crippen LogP contribution in [0.5, 0.6) is 0 Å². The minimum absolute atomic E-state index is 0.123. The molecule has 2 bridgehead atoms. The molecule has 124 valence electrons. The van der Waals surface area contributed by atoms with Crippen LogP contribution < -0.4 is 5.73 Å². The van der Waals surface area contributed by atoms with Gasteiger partial charge in [0.1, 0.15) is 12.6 Å². The van der Waals surface area contributed by atoms with Crippen molar-refractivity contribution in [1.29, 1.82) is 0 Å². The highest BCUT2D eigenvalue weighted by Crippen LogP contribution is 2.44. The van der Waals surface area contributed by atoms with Gasteiger partial charge in [-0.05, 0) is 11.1 Å². The number of nitrogens with zero attached hydrogens (tertiary/aromatic N) is 2. The molecular formula is C12H13N3O7S. The van der Waals surface area contributed by atoms with Gasteiger partial charge in [0.2, 0.25) is 0 Å². The number of ether oxygens (including phenoxy) is 1. The second kappa shape index (κ2) is 5.37. The van der Waals surface area contributed by atoms with E-state index in [4.69, 9.17) is 15.0 Å². The Morgan fingerprint density at radius 3 is 2.61 bits per heavy atom. The Morgan fingerprint density at radius 2 is 2.00 bits per heavy atom. The van der Waals surface area contributed by atoms with Crippen LogP contribution in [0.2, 0.25) is 0 Å². The first kappa shape index (κ1) is 15.5. The summed E-state index contributed by atoms with van der Waals surface area (Å²) in [6.45, 7) is -0.0529. The molecule has 3 rings (SSSR count). The molecule has 0 radical (unpaired) electrons. The molecule has 2 unspecified atom stereocenters. The Hall–Kier alpha value is -2.37. The van der Waals surface area contributed by atoms with Gasteiger partial charge in [-0.15, -0.1) is 4.28 Å². The molecule has 1 aromatic rings. The zero-order valence-electron chi connectivity index (χ0n) is 11.7. The number of fused-ring (bicyclic) bond motifs is 4. The monoisotopic (exact) mass is 343 g/mol. The van der Waals surface area contributed by atoms with Crippen molar-refractivity contribution in [3.63, 3.8) is 0 Å². The van der Waals surface area contributed by atoms with Crippen LogP contribution in [0, 0.1) is 0 Å². The molecule has 0 spiro atoms. The van der Waals surface area contributed by atoms with Gasteiger partial charge in [0.25, 0.3) is 0 Å². The summed E-state index contributed by atoms with van der Waals surface area (Å²) in [5, 5.41) is 0.596. The molecule has 2 aliphatic heterocycles. The molecular weight excluding hydrogens is 330 g/mol. The Balaban J connectivity index is 1.99. The summed E-state index contributed by atoms with van der Waals surface area (Å²) in [6.07, 6.45) is -0.984. The zero-order valence-corrected chi connectivity index (χ0v) is 12.5. The summed E-state index contributed by atoms with van der Waals surface area (Å²) in [6, 6.07) is 4.79. The van der Waals surface area contributed by atoms with Crippen molar-refractivity contribution in [3.8, 4) is 0 Å². The number of rotatable bonds is 4. The van der Waals surface area contributed by atoms with Crippen LogP contribution in [0.3, 0.4) is 0 Å². The number of nitrogens with two attached hydrogens (primary N) is 1.